The minimum absolute atomic E-state index is 0.0770. The van der Waals surface area contributed by atoms with Crippen molar-refractivity contribution in [2.24, 2.45) is 0 Å². The molecule has 0 aliphatic carbocycles. The van der Waals surface area contributed by atoms with Crippen molar-refractivity contribution in [3.8, 4) is 5.75 Å². The maximum Gasteiger partial charge on any atom is 0.181 e. The molecule has 1 aromatic heterocycles. The Hall–Kier alpha value is -2.83. The van der Waals surface area contributed by atoms with Crippen LogP contribution in [0.3, 0.4) is 0 Å². The molecular weight excluding hydrogens is 368 g/mol. The summed E-state index contributed by atoms with van der Waals surface area (Å²) in [6.07, 6.45) is 6.71. The fourth-order valence-electron chi connectivity index (χ4n) is 3.98. The summed E-state index contributed by atoms with van der Waals surface area (Å²) in [5.41, 5.74) is 1.91. The third-order valence-corrected chi connectivity index (χ3v) is 5.61. The maximum atomic E-state index is 12.8. The van der Waals surface area contributed by atoms with Crippen LogP contribution in [0.5, 0.6) is 5.75 Å². The first-order chi connectivity index (χ1) is 14.1. The molecule has 150 valence electrons. The Kier molecular flexibility index (Phi) is 5.56. The quantitative estimate of drug-likeness (QED) is 0.788. The van der Waals surface area contributed by atoms with Crippen molar-refractivity contribution in [1.29, 1.82) is 0 Å². The van der Waals surface area contributed by atoms with Gasteiger partial charge in [0.1, 0.15) is 18.0 Å². The van der Waals surface area contributed by atoms with Crippen LogP contribution in [-0.4, -0.2) is 51.9 Å². The number of carbonyl (C=O) groups is 2. The molecule has 0 unspecified atom stereocenters. The van der Waals surface area contributed by atoms with Crippen molar-refractivity contribution >= 4 is 17.6 Å². The SMILES string of the molecule is O=C(/C=C/c1ccc2c(c1)C(=O)CC1(CCN(Cc3ccccn3)CC1)O2)CO. The predicted octanol–water partition coefficient (Wildman–Crippen LogP) is 2.66. The normalized spacial score (nSPS) is 18.6. The molecule has 1 N–H and O–H groups in total. The van der Waals surface area contributed by atoms with Gasteiger partial charge in [0.05, 0.1) is 17.7 Å². The number of aliphatic hydroxyl groups excluding tert-OH is 1. The number of rotatable bonds is 5. The summed E-state index contributed by atoms with van der Waals surface area (Å²) in [4.78, 5) is 30.8. The average Bonchev–Trinajstić information content (AvgIpc) is 2.75. The summed E-state index contributed by atoms with van der Waals surface area (Å²) in [6, 6.07) is 11.3. The molecule has 0 radical (unpaired) electrons. The van der Waals surface area contributed by atoms with E-state index in [2.05, 4.69) is 9.88 Å². The van der Waals surface area contributed by atoms with Gasteiger partial charge in [0, 0.05) is 38.7 Å². The van der Waals surface area contributed by atoms with E-state index in [9.17, 15) is 9.59 Å². The predicted molar refractivity (Wildman–Crippen MR) is 109 cm³/mol. The lowest BCUT2D eigenvalue weighted by molar-refractivity contribution is -0.117. The molecule has 2 aromatic rings. The van der Waals surface area contributed by atoms with Crippen molar-refractivity contribution in [2.75, 3.05) is 19.7 Å². The second-order valence-electron chi connectivity index (χ2n) is 7.70. The van der Waals surface area contributed by atoms with Crippen molar-refractivity contribution in [2.45, 2.75) is 31.4 Å². The third-order valence-electron chi connectivity index (χ3n) is 5.61. The van der Waals surface area contributed by atoms with Gasteiger partial charge in [-0.15, -0.1) is 0 Å². The highest BCUT2D eigenvalue weighted by Gasteiger charge is 2.42. The van der Waals surface area contributed by atoms with E-state index >= 15 is 0 Å². The molecule has 1 fully saturated rings. The molecule has 0 bridgehead atoms. The van der Waals surface area contributed by atoms with Gasteiger partial charge < -0.3 is 9.84 Å². The first kappa shape index (κ1) is 19.5. The van der Waals surface area contributed by atoms with Crippen LogP contribution >= 0.6 is 0 Å². The van der Waals surface area contributed by atoms with E-state index in [1.165, 1.54) is 6.08 Å². The van der Waals surface area contributed by atoms with Crippen molar-refractivity contribution in [3.63, 3.8) is 0 Å². The molecule has 0 amide bonds. The number of benzene rings is 1. The zero-order chi connectivity index (χ0) is 20.3. The summed E-state index contributed by atoms with van der Waals surface area (Å²) in [5, 5.41) is 8.81. The number of nitrogens with zero attached hydrogens (tertiary/aromatic N) is 2. The Morgan fingerprint density at radius 3 is 2.79 bits per heavy atom. The molecule has 4 rings (SSSR count). The molecular formula is C23H24N2O4. The Labute approximate surface area is 169 Å². The molecule has 3 heterocycles. The average molecular weight is 392 g/mol. The molecule has 0 saturated carbocycles. The van der Waals surface area contributed by atoms with Crippen LogP contribution in [0.1, 0.15) is 40.9 Å². The molecule has 0 atom stereocenters. The highest BCUT2D eigenvalue weighted by molar-refractivity contribution is 6.01. The molecule has 1 spiro atoms. The Bertz CT molecular complexity index is 931. The number of Topliss-reactive ketones (excluding diaryl/α,β-unsaturated/α-hetero) is 1. The van der Waals surface area contributed by atoms with Crippen LogP contribution in [0.4, 0.5) is 0 Å². The number of piperidine rings is 1. The van der Waals surface area contributed by atoms with Gasteiger partial charge in [0.2, 0.25) is 0 Å². The van der Waals surface area contributed by atoms with Gasteiger partial charge in [-0.05, 0) is 35.9 Å². The zero-order valence-electron chi connectivity index (χ0n) is 16.2. The van der Waals surface area contributed by atoms with Gasteiger partial charge in [-0.2, -0.15) is 0 Å². The summed E-state index contributed by atoms with van der Waals surface area (Å²) in [6.45, 7) is 2.01. The zero-order valence-corrected chi connectivity index (χ0v) is 16.2. The number of aliphatic hydroxyl groups is 1. The number of pyridine rings is 1. The minimum Gasteiger partial charge on any atom is -0.486 e. The Morgan fingerprint density at radius 2 is 2.07 bits per heavy atom. The third kappa shape index (κ3) is 4.44. The number of aromatic nitrogens is 1. The Morgan fingerprint density at radius 1 is 1.24 bits per heavy atom. The fraction of sp³-hybridized carbons (Fsp3) is 0.348. The van der Waals surface area contributed by atoms with Gasteiger partial charge in [0.25, 0.3) is 0 Å². The van der Waals surface area contributed by atoms with E-state index in [0.29, 0.717) is 17.7 Å². The van der Waals surface area contributed by atoms with Gasteiger partial charge >= 0.3 is 0 Å². The number of ether oxygens (including phenoxy) is 1. The molecule has 29 heavy (non-hydrogen) atoms. The second-order valence-corrected chi connectivity index (χ2v) is 7.70. The van der Waals surface area contributed by atoms with Crippen LogP contribution in [-0.2, 0) is 11.3 Å². The van der Waals surface area contributed by atoms with Crippen molar-refractivity contribution < 1.29 is 19.4 Å². The molecule has 6 nitrogen and oxygen atoms in total. The van der Waals surface area contributed by atoms with E-state index in [4.69, 9.17) is 9.84 Å². The highest BCUT2D eigenvalue weighted by atomic mass is 16.5. The molecule has 2 aliphatic rings. The van der Waals surface area contributed by atoms with E-state index < -0.39 is 12.2 Å². The van der Waals surface area contributed by atoms with Crippen LogP contribution in [0.2, 0.25) is 0 Å². The lowest BCUT2D eigenvalue weighted by Crippen LogP contribution is -2.50. The van der Waals surface area contributed by atoms with Gasteiger partial charge in [-0.25, -0.2) is 0 Å². The fourth-order valence-corrected chi connectivity index (χ4v) is 3.98. The first-order valence-electron chi connectivity index (χ1n) is 9.87. The lowest BCUT2D eigenvalue weighted by atomic mass is 9.82. The maximum absolute atomic E-state index is 12.8. The topological polar surface area (TPSA) is 79.7 Å². The van der Waals surface area contributed by atoms with Gasteiger partial charge in [-0.3, -0.25) is 19.5 Å². The number of carbonyl (C=O) groups excluding carboxylic acids is 2. The number of hydrogen-bond donors (Lipinski definition) is 1. The first-order valence-corrected chi connectivity index (χ1v) is 9.87. The van der Waals surface area contributed by atoms with E-state index in [0.717, 1.165) is 43.7 Å². The summed E-state index contributed by atoms with van der Waals surface area (Å²) >= 11 is 0. The molecule has 6 heteroatoms. The summed E-state index contributed by atoms with van der Waals surface area (Å²) in [7, 11) is 0. The van der Waals surface area contributed by atoms with Crippen LogP contribution in [0, 0.1) is 0 Å². The van der Waals surface area contributed by atoms with E-state index in [-0.39, 0.29) is 11.6 Å². The largest absolute Gasteiger partial charge is 0.486 e. The molecule has 2 aliphatic heterocycles. The van der Waals surface area contributed by atoms with Crippen LogP contribution < -0.4 is 4.74 Å². The van der Waals surface area contributed by atoms with Crippen LogP contribution in [0.25, 0.3) is 6.08 Å². The second kappa shape index (κ2) is 8.27. The minimum atomic E-state index is -0.524. The van der Waals surface area contributed by atoms with Gasteiger partial charge in [-0.1, -0.05) is 18.2 Å². The Balaban J connectivity index is 1.43. The standard InChI is InChI=1S/C23H24N2O4/c26-16-19(27)6-4-17-5-7-22-20(13-17)21(28)14-23(29-22)8-11-25(12-9-23)15-18-3-1-2-10-24-18/h1-7,10,13,26H,8-9,11-12,14-16H2/b6-4+. The number of fused-ring (bicyclic) bond motifs is 1. The number of hydrogen-bond acceptors (Lipinski definition) is 6. The van der Waals surface area contributed by atoms with Crippen LogP contribution in [0.15, 0.2) is 48.7 Å². The van der Waals surface area contributed by atoms with Crippen molar-refractivity contribution in [3.05, 3.63) is 65.5 Å². The number of likely N-dealkylation sites (tertiary alicyclic amines) is 1. The summed E-state index contributed by atoms with van der Waals surface area (Å²) < 4.78 is 6.34. The number of ketones is 2. The molecule has 1 saturated heterocycles. The van der Waals surface area contributed by atoms with Gasteiger partial charge in [0.15, 0.2) is 11.6 Å². The van der Waals surface area contributed by atoms with Crippen molar-refractivity contribution in [1.82, 2.24) is 9.88 Å². The molecule has 1 aromatic carbocycles. The van der Waals surface area contributed by atoms with E-state index in [1.54, 1.807) is 18.2 Å². The highest BCUT2D eigenvalue weighted by Crippen LogP contribution is 2.40. The van der Waals surface area contributed by atoms with E-state index in [1.807, 2.05) is 30.5 Å². The smallest absolute Gasteiger partial charge is 0.181 e. The lowest BCUT2D eigenvalue weighted by Gasteiger charge is -2.44. The summed E-state index contributed by atoms with van der Waals surface area (Å²) in [5.74, 6) is 0.319. The monoisotopic (exact) mass is 392 g/mol.